The van der Waals surface area contributed by atoms with Crippen molar-refractivity contribution in [2.24, 2.45) is 0 Å². The molecule has 34 heavy (non-hydrogen) atoms. The lowest BCUT2D eigenvalue weighted by atomic mass is 9.87. The van der Waals surface area contributed by atoms with E-state index in [4.69, 9.17) is 4.74 Å². The standard InChI is InChI=1S/C26H29N3O4S/c1-26(2,3)19-7-10-23(33-4)24(14-19)34(31,32)20-8-5-17(6-9-20)15-28-25(30)22-13-18-16-27-12-11-21(18)29-22/h5-12,14,16,22,29H,13,15H2,1-4H3,(H,28,30). The van der Waals surface area contributed by atoms with E-state index in [2.05, 4.69) is 15.6 Å². The summed E-state index contributed by atoms with van der Waals surface area (Å²) in [7, 11) is -2.32. The summed E-state index contributed by atoms with van der Waals surface area (Å²) >= 11 is 0. The van der Waals surface area contributed by atoms with Gasteiger partial charge < -0.3 is 15.4 Å². The van der Waals surface area contributed by atoms with Crippen molar-refractivity contribution < 1.29 is 17.9 Å². The number of nitrogens with one attached hydrogen (secondary N) is 2. The molecule has 1 atom stereocenters. The third-order valence-corrected chi connectivity index (χ3v) is 7.78. The highest BCUT2D eigenvalue weighted by Crippen LogP contribution is 2.34. The number of ether oxygens (including phenoxy) is 1. The first-order valence-corrected chi connectivity index (χ1v) is 12.6. The molecule has 3 aromatic rings. The number of rotatable bonds is 6. The summed E-state index contributed by atoms with van der Waals surface area (Å²) in [5.74, 6) is 0.196. The molecule has 1 aromatic heterocycles. The van der Waals surface area contributed by atoms with Gasteiger partial charge in [-0.2, -0.15) is 0 Å². The number of carbonyl (C=O) groups excluding carboxylic acids is 1. The lowest BCUT2D eigenvalue weighted by Gasteiger charge is -2.21. The average Bonchev–Trinajstić information content (AvgIpc) is 3.26. The minimum atomic E-state index is -3.78. The maximum absolute atomic E-state index is 13.4. The number of anilines is 1. The molecule has 0 fully saturated rings. The van der Waals surface area contributed by atoms with E-state index in [1.165, 1.54) is 7.11 Å². The van der Waals surface area contributed by atoms with E-state index in [1.807, 2.05) is 32.9 Å². The van der Waals surface area contributed by atoms with Gasteiger partial charge >= 0.3 is 0 Å². The molecule has 8 heteroatoms. The predicted molar refractivity (Wildman–Crippen MR) is 131 cm³/mol. The molecule has 0 aliphatic carbocycles. The summed E-state index contributed by atoms with van der Waals surface area (Å²) < 4.78 is 32.1. The number of pyridine rings is 1. The zero-order chi connectivity index (χ0) is 24.5. The Kier molecular flexibility index (Phi) is 6.36. The normalized spacial score (nSPS) is 15.4. The third kappa shape index (κ3) is 4.77. The van der Waals surface area contributed by atoms with Gasteiger partial charge in [0.15, 0.2) is 0 Å². The highest BCUT2D eigenvalue weighted by atomic mass is 32.2. The molecule has 0 spiro atoms. The van der Waals surface area contributed by atoms with Crippen molar-refractivity contribution in [3.8, 4) is 5.75 Å². The first-order valence-electron chi connectivity index (χ1n) is 11.1. The molecule has 1 aliphatic heterocycles. The van der Waals surface area contributed by atoms with Crippen molar-refractivity contribution in [1.29, 1.82) is 0 Å². The lowest BCUT2D eigenvalue weighted by molar-refractivity contribution is -0.121. The number of hydrogen-bond donors (Lipinski definition) is 2. The van der Waals surface area contributed by atoms with Gasteiger partial charge in [-0.15, -0.1) is 0 Å². The van der Waals surface area contributed by atoms with Crippen molar-refractivity contribution in [3.63, 3.8) is 0 Å². The van der Waals surface area contributed by atoms with Crippen molar-refractivity contribution in [3.05, 3.63) is 77.6 Å². The molecule has 1 amide bonds. The number of benzene rings is 2. The Morgan fingerprint density at radius 3 is 2.53 bits per heavy atom. The number of hydrogen-bond acceptors (Lipinski definition) is 6. The van der Waals surface area contributed by atoms with E-state index in [0.717, 1.165) is 22.4 Å². The second-order valence-electron chi connectivity index (χ2n) is 9.41. The minimum Gasteiger partial charge on any atom is -0.495 e. The van der Waals surface area contributed by atoms with Gasteiger partial charge in [0.2, 0.25) is 15.7 Å². The molecule has 2 N–H and O–H groups in total. The molecule has 2 heterocycles. The summed E-state index contributed by atoms with van der Waals surface area (Å²) in [5, 5.41) is 6.12. The first-order chi connectivity index (χ1) is 16.1. The van der Waals surface area contributed by atoms with Gasteiger partial charge in [0.1, 0.15) is 16.7 Å². The van der Waals surface area contributed by atoms with Gasteiger partial charge in [-0.3, -0.25) is 9.78 Å². The Labute approximate surface area is 200 Å². The highest BCUT2D eigenvalue weighted by Gasteiger charge is 2.27. The van der Waals surface area contributed by atoms with Crippen LogP contribution in [0.1, 0.15) is 37.5 Å². The van der Waals surface area contributed by atoms with Crippen LogP contribution in [-0.2, 0) is 33.0 Å². The Balaban J connectivity index is 1.47. The van der Waals surface area contributed by atoms with Crippen LogP contribution >= 0.6 is 0 Å². The van der Waals surface area contributed by atoms with Crippen LogP contribution in [-0.4, -0.2) is 32.5 Å². The number of carbonyl (C=O) groups is 1. The molecule has 0 bridgehead atoms. The zero-order valence-electron chi connectivity index (χ0n) is 19.8. The van der Waals surface area contributed by atoms with Crippen LogP contribution in [0.4, 0.5) is 5.69 Å². The lowest BCUT2D eigenvalue weighted by Crippen LogP contribution is -2.38. The van der Waals surface area contributed by atoms with Crippen LogP contribution < -0.4 is 15.4 Å². The van der Waals surface area contributed by atoms with E-state index >= 15 is 0 Å². The zero-order valence-corrected chi connectivity index (χ0v) is 20.6. The second-order valence-corrected chi connectivity index (χ2v) is 11.3. The minimum absolute atomic E-state index is 0.114. The molecule has 0 saturated carbocycles. The molecule has 0 saturated heterocycles. The largest absolute Gasteiger partial charge is 0.495 e. The Morgan fingerprint density at radius 1 is 1.15 bits per heavy atom. The van der Waals surface area contributed by atoms with Crippen molar-refractivity contribution in [2.75, 3.05) is 12.4 Å². The van der Waals surface area contributed by atoms with Gasteiger partial charge in [-0.1, -0.05) is 39.0 Å². The molecule has 2 aromatic carbocycles. The Morgan fingerprint density at radius 2 is 1.88 bits per heavy atom. The van der Waals surface area contributed by atoms with Gasteiger partial charge in [0, 0.05) is 31.0 Å². The maximum atomic E-state index is 13.4. The summed E-state index contributed by atoms with van der Waals surface area (Å²) in [5.41, 5.74) is 3.45. The van der Waals surface area contributed by atoms with Crippen molar-refractivity contribution in [2.45, 2.75) is 55.0 Å². The Bertz CT molecular complexity index is 1290. The van der Waals surface area contributed by atoms with Crippen molar-refractivity contribution >= 4 is 21.4 Å². The van der Waals surface area contributed by atoms with Gasteiger partial charge in [0.05, 0.1) is 12.0 Å². The Hall–Kier alpha value is -3.39. The summed E-state index contributed by atoms with van der Waals surface area (Å²) in [4.78, 5) is 17.0. The topological polar surface area (TPSA) is 97.4 Å². The van der Waals surface area contributed by atoms with Gasteiger partial charge in [-0.25, -0.2) is 8.42 Å². The molecule has 178 valence electrons. The molecular formula is C26H29N3O4S. The number of fused-ring (bicyclic) bond motifs is 1. The summed E-state index contributed by atoms with van der Waals surface area (Å²) in [6.45, 7) is 6.40. The van der Waals surface area contributed by atoms with E-state index < -0.39 is 9.84 Å². The van der Waals surface area contributed by atoms with Crippen LogP contribution in [0.25, 0.3) is 0 Å². The first kappa shape index (κ1) is 23.8. The molecule has 7 nitrogen and oxygen atoms in total. The SMILES string of the molecule is COc1ccc(C(C)(C)C)cc1S(=O)(=O)c1ccc(CNC(=O)C2Cc3cnccc3N2)cc1. The fourth-order valence-corrected chi connectivity index (χ4v) is 5.37. The van der Waals surface area contributed by atoms with Gasteiger partial charge in [-0.05, 0) is 52.4 Å². The smallest absolute Gasteiger partial charge is 0.243 e. The molecule has 0 radical (unpaired) electrons. The number of sulfone groups is 1. The summed E-state index contributed by atoms with van der Waals surface area (Å²) in [6.07, 6.45) is 4.04. The van der Waals surface area contributed by atoms with Crippen LogP contribution in [0.2, 0.25) is 0 Å². The van der Waals surface area contributed by atoms with Crippen LogP contribution in [0.3, 0.4) is 0 Å². The number of amides is 1. The van der Waals surface area contributed by atoms with Crippen LogP contribution in [0.15, 0.2) is 70.7 Å². The highest BCUT2D eigenvalue weighted by molar-refractivity contribution is 7.91. The third-order valence-electron chi connectivity index (χ3n) is 5.99. The van der Waals surface area contributed by atoms with E-state index in [-0.39, 0.29) is 27.2 Å². The number of nitrogens with zero attached hydrogens (tertiary/aromatic N) is 1. The molecular weight excluding hydrogens is 450 g/mol. The monoisotopic (exact) mass is 479 g/mol. The van der Waals surface area contributed by atoms with E-state index in [9.17, 15) is 13.2 Å². The quantitative estimate of drug-likeness (QED) is 0.557. The summed E-state index contributed by atoms with van der Waals surface area (Å²) in [6, 6.07) is 13.3. The predicted octanol–water partition coefficient (Wildman–Crippen LogP) is 3.87. The fraction of sp³-hybridized carbons (Fsp3) is 0.308. The van der Waals surface area contributed by atoms with Crippen LogP contribution in [0, 0.1) is 0 Å². The molecule has 1 unspecified atom stereocenters. The molecule has 4 rings (SSSR count). The van der Waals surface area contributed by atoms with Crippen LogP contribution in [0.5, 0.6) is 5.75 Å². The van der Waals surface area contributed by atoms with E-state index in [1.54, 1.807) is 48.8 Å². The average molecular weight is 480 g/mol. The maximum Gasteiger partial charge on any atom is 0.243 e. The van der Waals surface area contributed by atoms with E-state index in [0.29, 0.717) is 18.7 Å². The van der Waals surface area contributed by atoms with Gasteiger partial charge in [0.25, 0.3) is 0 Å². The number of methoxy groups -OCH3 is 1. The number of aromatic nitrogens is 1. The van der Waals surface area contributed by atoms with Crippen molar-refractivity contribution in [1.82, 2.24) is 10.3 Å². The second kappa shape index (κ2) is 9.10. The molecule has 1 aliphatic rings. The fourth-order valence-electron chi connectivity index (χ4n) is 3.93.